The first kappa shape index (κ1) is 27.3. The molecule has 0 aliphatic carbocycles. The van der Waals surface area contributed by atoms with E-state index >= 15 is 0 Å². The molecule has 0 saturated carbocycles. The number of nitrogens with zero attached hydrogens (tertiary/aromatic N) is 2. The van der Waals surface area contributed by atoms with Crippen molar-refractivity contribution in [1.82, 2.24) is 0 Å². The van der Waals surface area contributed by atoms with Crippen LogP contribution in [-0.4, -0.2) is 30.6 Å². The first-order valence-electron chi connectivity index (χ1n) is 11.2. The third kappa shape index (κ3) is 5.58. The number of carbonyl (C=O) groups is 1. The molecule has 196 valence electrons. The third-order valence-electron chi connectivity index (χ3n) is 5.53. The van der Waals surface area contributed by atoms with Crippen LogP contribution in [0.2, 0.25) is 10.0 Å². The molecule has 0 spiro atoms. The van der Waals surface area contributed by atoms with Crippen LogP contribution in [0.15, 0.2) is 75.8 Å². The van der Waals surface area contributed by atoms with Crippen molar-refractivity contribution >= 4 is 67.1 Å². The molecule has 4 aromatic carbocycles. The average Bonchev–Trinajstić information content (AvgIpc) is 2.86. The molecule has 4 aromatic rings. The number of benzene rings is 4. The van der Waals surface area contributed by atoms with Crippen LogP contribution in [0.1, 0.15) is 22.8 Å². The fourth-order valence-corrected chi connectivity index (χ4v) is 4.77. The number of aryl methyl sites for hydroxylation is 1. The topological polar surface area (TPSA) is 138 Å². The van der Waals surface area contributed by atoms with E-state index in [9.17, 15) is 22.9 Å². The molecule has 0 aliphatic rings. The highest BCUT2D eigenvalue weighted by molar-refractivity contribution is 7.86. The monoisotopic (exact) mass is 573 g/mol. The number of phenols is 1. The molecule has 0 unspecified atom stereocenters. The average molecular weight is 574 g/mol. The Balaban J connectivity index is 1.85. The van der Waals surface area contributed by atoms with E-state index in [-0.39, 0.29) is 22.0 Å². The van der Waals surface area contributed by atoms with E-state index in [4.69, 9.17) is 27.9 Å². The van der Waals surface area contributed by atoms with Gasteiger partial charge in [0.2, 0.25) is 0 Å². The van der Waals surface area contributed by atoms with Crippen LogP contribution in [0.25, 0.3) is 10.8 Å². The fourth-order valence-electron chi connectivity index (χ4n) is 3.71. The minimum Gasteiger partial charge on any atom is -0.505 e. The summed E-state index contributed by atoms with van der Waals surface area (Å²) in [6.07, 6.45) is 0. The summed E-state index contributed by atoms with van der Waals surface area (Å²) in [7, 11) is -4.69. The van der Waals surface area contributed by atoms with Crippen LogP contribution < -0.4 is 10.1 Å². The normalized spacial score (nSPS) is 11.7. The van der Waals surface area contributed by atoms with Crippen molar-refractivity contribution in [3.8, 4) is 11.5 Å². The molecule has 0 aromatic heterocycles. The quantitative estimate of drug-likeness (QED) is 0.155. The molecule has 0 fully saturated rings. The zero-order valence-corrected chi connectivity index (χ0v) is 22.4. The van der Waals surface area contributed by atoms with Crippen molar-refractivity contribution in [2.24, 2.45) is 10.2 Å². The van der Waals surface area contributed by atoms with Crippen LogP contribution in [-0.2, 0) is 10.1 Å². The zero-order chi connectivity index (χ0) is 27.6. The van der Waals surface area contributed by atoms with Gasteiger partial charge >= 0.3 is 0 Å². The Morgan fingerprint density at radius 1 is 1.03 bits per heavy atom. The van der Waals surface area contributed by atoms with E-state index in [0.29, 0.717) is 39.4 Å². The van der Waals surface area contributed by atoms with Crippen molar-refractivity contribution in [3.63, 3.8) is 0 Å². The molecule has 0 aliphatic heterocycles. The van der Waals surface area contributed by atoms with Crippen LogP contribution in [0.3, 0.4) is 0 Å². The van der Waals surface area contributed by atoms with Crippen molar-refractivity contribution < 1.29 is 27.6 Å². The number of phenolic OH excluding ortho intramolecular Hbond substituents is 1. The van der Waals surface area contributed by atoms with E-state index < -0.39 is 26.7 Å². The maximum atomic E-state index is 13.3. The number of hydrogen-bond donors (Lipinski definition) is 3. The third-order valence-corrected chi connectivity index (χ3v) is 7.13. The van der Waals surface area contributed by atoms with Gasteiger partial charge in [0.1, 0.15) is 22.0 Å². The highest BCUT2D eigenvalue weighted by atomic mass is 35.5. The number of nitrogens with one attached hydrogen (secondary N) is 1. The Bertz CT molecular complexity index is 1710. The number of amides is 1. The predicted molar refractivity (Wildman–Crippen MR) is 146 cm³/mol. The summed E-state index contributed by atoms with van der Waals surface area (Å²) < 4.78 is 39.0. The van der Waals surface area contributed by atoms with Gasteiger partial charge in [-0.3, -0.25) is 9.35 Å². The number of halogens is 2. The van der Waals surface area contributed by atoms with Gasteiger partial charge in [0, 0.05) is 10.4 Å². The smallest absolute Gasteiger partial charge is 0.296 e. The second-order valence-electron chi connectivity index (χ2n) is 8.09. The molecule has 0 saturated heterocycles. The van der Waals surface area contributed by atoms with Gasteiger partial charge < -0.3 is 15.2 Å². The van der Waals surface area contributed by atoms with Gasteiger partial charge in [-0.15, -0.1) is 10.2 Å². The fraction of sp³-hybridized carbons (Fsp3) is 0.115. The molecule has 0 heterocycles. The standard InChI is InChI=1S/C26H21Cl2N3O6S/c1-3-37-20-10-9-16(27)13-19(20)29-26(33)18-12-15-6-4-5-7-17(15)23(25(18)32)30-31-24-21(38(34,35)36)11-8-14(2)22(24)28/h4-13,32H,3H2,1-2H3,(H,29,33)(H,34,35,36). The zero-order valence-electron chi connectivity index (χ0n) is 20.1. The van der Waals surface area contributed by atoms with Crippen molar-refractivity contribution in [3.05, 3.63) is 81.8 Å². The maximum absolute atomic E-state index is 13.3. The van der Waals surface area contributed by atoms with Crippen LogP contribution in [0.5, 0.6) is 11.5 Å². The molecule has 1 amide bonds. The first-order chi connectivity index (χ1) is 18.0. The lowest BCUT2D eigenvalue weighted by Gasteiger charge is -2.14. The van der Waals surface area contributed by atoms with Crippen LogP contribution in [0, 0.1) is 6.92 Å². The van der Waals surface area contributed by atoms with Crippen LogP contribution >= 0.6 is 23.2 Å². The van der Waals surface area contributed by atoms with Crippen molar-refractivity contribution in [2.45, 2.75) is 18.7 Å². The molecule has 12 heteroatoms. The number of ether oxygens (including phenoxy) is 1. The Morgan fingerprint density at radius 2 is 1.74 bits per heavy atom. The summed E-state index contributed by atoms with van der Waals surface area (Å²) >= 11 is 12.4. The summed E-state index contributed by atoms with van der Waals surface area (Å²) in [6.45, 7) is 3.77. The molecule has 9 nitrogen and oxygen atoms in total. The molecule has 38 heavy (non-hydrogen) atoms. The van der Waals surface area contributed by atoms with Gasteiger partial charge in [0.05, 0.1) is 22.9 Å². The van der Waals surface area contributed by atoms with Gasteiger partial charge in [-0.2, -0.15) is 8.42 Å². The van der Waals surface area contributed by atoms with E-state index in [1.165, 1.54) is 18.2 Å². The number of fused-ring (bicyclic) bond motifs is 1. The minimum absolute atomic E-state index is 0.0500. The number of carbonyl (C=O) groups excluding carboxylic acids is 1. The molecular formula is C26H21Cl2N3O6S. The Kier molecular flexibility index (Phi) is 7.89. The summed E-state index contributed by atoms with van der Waals surface area (Å²) in [6, 6.07) is 15.6. The lowest BCUT2D eigenvalue weighted by Crippen LogP contribution is -2.13. The number of anilines is 1. The highest BCUT2D eigenvalue weighted by Gasteiger charge is 2.22. The number of aromatic hydroxyl groups is 1. The molecule has 0 bridgehead atoms. The molecule has 0 radical (unpaired) electrons. The van der Waals surface area contributed by atoms with Crippen molar-refractivity contribution in [1.29, 1.82) is 0 Å². The Morgan fingerprint density at radius 3 is 2.45 bits per heavy atom. The summed E-state index contributed by atoms with van der Waals surface area (Å²) in [5.41, 5.74) is 0.229. The summed E-state index contributed by atoms with van der Waals surface area (Å²) in [5, 5.41) is 23.2. The van der Waals surface area contributed by atoms with E-state index in [1.54, 1.807) is 50.2 Å². The second-order valence-corrected chi connectivity index (χ2v) is 10.3. The predicted octanol–water partition coefficient (Wildman–Crippen LogP) is 7.47. The Labute approximate surface area is 228 Å². The largest absolute Gasteiger partial charge is 0.505 e. The van der Waals surface area contributed by atoms with Crippen LogP contribution in [0.4, 0.5) is 17.1 Å². The van der Waals surface area contributed by atoms with Gasteiger partial charge in [-0.25, -0.2) is 0 Å². The van der Waals surface area contributed by atoms with Gasteiger partial charge in [-0.05, 0) is 55.1 Å². The number of hydrogen-bond acceptors (Lipinski definition) is 7. The minimum atomic E-state index is -4.69. The van der Waals surface area contributed by atoms with E-state index in [2.05, 4.69) is 15.5 Å². The van der Waals surface area contributed by atoms with E-state index in [1.807, 2.05) is 0 Å². The lowest BCUT2D eigenvalue weighted by molar-refractivity contribution is 0.102. The van der Waals surface area contributed by atoms with E-state index in [0.717, 1.165) is 6.07 Å². The highest BCUT2D eigenvalue weighted by Crippen LogP contribution is 2.42. The Hall–Kier alpha value is -3.70. The summed E-state index contributed by atoms with van der Waals surface area (Å²) in [4.78, 5) is 12.7. The first-order valence-corrected chi connectivity index (χ1v) is 13.4. The number of azo groups is 1. The SMILES string of the molecule is CCOc1ccc(Cl)cc1NC(=O)c1cc2ccccc2c(N=Nc2c(S(=O)(=O)O)ccc(C)c2Cl)c1O. The van der Waals surface area contributed by atoms with Gasteiger partial charge in [-0.1, -0.05) is 53.5 Å². The van der Waals surface area contributed by atoms with Crippen molar-refractivity contribution in [2.75, 3.05) is 11.9 Å². The molecule has 0 atom stereocenters. The van der Waals surface area contributed by atoms with Gasteiger partial charge in [0.25, 0.3) is 16.0 Å². The number of rotatable bonds is 7. The molecular weight excluding hydrogens is 553 g/mol. The van der Waals surface area contributed by atoms with Gasteiger partial charge in [0.15, 0.2) is 5.75 Å². The lowest BCUT2D eigenvalue weighted by atomic mass is 10.0. The summed E-state index contributed by atoms with van der Waals surface area (Å²) in [5.74, 6) is -0.806. The maximum Gasteiger partial charge on any atom is 0.296 e. The second kappa shape index (κ2) is 11.0. The molecule has 3 N–H and O–H groups in total. The molecule has 4 rings (SSSR count).